The fourth-order valence-electron chi connectivity index (χ4n) is 4.53. The van der Waals surface area contributed by atoms with Gasteiger partial charge in [0, 0.05) is 31.8 Å². The number of benzene rings is 1. The maximum Gasteiger partial charge on any atom is 0.224 e. The molecule has 8 nitrogen and oxygen atoms in total. The van der Waals surface area contributed by atoms with Crippen LogP contribution in [0.5, 0.6) is 5.75 Å². The average Bonchev–Trinajstić information content (AvgIpc) is 3.23. The predicted molar refractivity (Wildman–Crippen MR) is 108 cm³/mol. The molecule has 1 aromatic carbocycles. The van der Waals surface area contributed by atoms with Gasteiger partial charge in [-0.15, -0.1) is 5.10 Å². The number of rotatable bonds is 8. The van der Waals surface area contributed by atoms with Crippen molar-refractivity contribution in [2.24, 2.45) is 11.8 Å². The van der Waals surface area contributed by atoms with Gasteiger partial charge in [-0.3, -0.25) is 14.4 Å². The van der Waals surface area contributed by atoms with E-state index in [1.807, 2.05) is 35.1 Å². The number of nitrogens with one attached hydrogen (secondary N) is 1. The van der Waals surface area contributed by atoms with Crippen LogP contribution >= 0.6 is 0 Å². The zero-order valence-corrected chi connectivity index (χ0v) is 17.1. The first-order valence-electron chi connectivity index (χ1n) is 10.2. The second kappa shape index (κ2) is 8.92. The maximum absolute atomic E-state index is 12.5. The summed E-state index contributed by atoms with van der Waals surface area (Å²) in [5.74, 6) is 1.52. The van der Waals surface area contributed by atoms with E-state index in [9.17, 15) is 4.79 Å². The van der Waals surface area contributed by atoms with Crippen LogP contribution < -0.4 is 10.1 Å². The summed E-state index contributed by atoms with van der Waals surface area (Å²) in [7, 11) is 3.31. The van der Waals surface area contributed by atoms with Crippen molar-refractivity contribution in [3.63, 3.8) is 0 Å². The largest absolute Gasteiger partial charge is 0.497 e. The van der Waals surface area contributed by atoms with Crippen molar-refractivity contribution in [3.8, 4) is 17.0 Å². The van der Waals surface area contributed by atoms with Crippen molar-refractivity contribution in [2.75, 3.05) is 40.5 Å². The summed E-state index contributed by atoms with van der Waals surface area (Å²) in [6.45, 7) is 3.82. The van der Waals surface area contributed by atoms with Gasteiger partial charge in [-0.2, -0.15) is 0 Å². The number of amides is 1. The molecule has 3 saturated heterocycles. The molecule has 3 aliphatic rings. The number of carbonyl (C=O) groups is 1. The number of hydrogen-bond donors (Lipinski definition) is 1. The molecule has 1 N–H and O–H groups in total. The molecule has 0 saturated carbocycles. The topological polar surface area (TPSA) is 81.5 Å². The van der Waals surface area contributed by atoms with E-state index in [0.29, 0.717) is 25.1 Å². The van der Waals surface area contributed by atoms with Crippen molar-refractivity contribution < 1.29 is 14.3 Å². The van der Waals surface area contributed by atoms with Crippen LogP contribution in [0.2, 0.25) is 0 Å². The summed E-state index contributed by atoms with van der Waals surface area (Å²) in [6.07, 6.45) is 4.12. The van der Waals surface area contributed by atoms with Crippen LogP contribution in [0.1, 0.15) is 12.8 Å². The standard InChI is InChI=1S/C21H29N5O3/c1-28-10-8-22-21(27)19-13-25-9-7-16(19)11-17(25)12-26-14-20(23-24-26)15-3-5-18(29-2)6-4-15/h3-6,14,16-17,19H,7-13H2,1-2H3,(H,22,27)/t16-,17-,19-/m1/s1. The fourth-order valence-corrected chi connectivity index (χ4v) is 4.53. The van der Waals surface area contributed by atoms with Gasteiger partial charge in [0.25, 0.3) is 0 Å². The van der Waals surface area contributed by atoms with E-state index >= 15 is 0 Å². The van der Waals surface area contributed by atoms with E-state index in [1.54, 1.807) is 14.2 Å². The number of fused-ring (bicyclic) bond motifs is 3. The second-order valence-corrected chi connectivity index (χ2v) is 7.88. The Morgan fingerprint density at radius 2 is 2.10 bits per heavy atom. The molecule has 0 spiro atoms. The second-order valence-electron chi connectivity index (χ2n) is 7.88. The van der Waals surface area contributed by atoms with Crippen LogP contribution in [0.15, 0.2) is 30.5 Å². The number of nitrogens with zero attached hydrogens (tertiary/aromatic N) is 4. The minimum atomic E-state index is 0.0856. The molecule has 4 heterocycles. The molecule has 2 bridgehead atoms. The molecule has 5 rings (SSSR count). The first kappa shape index (κ1) is 19.8. The van der Waals surface area contributed by atoms with Crippen molar-refractivity contribution in [2.45, 2.75) is 25.4 Å². The number of ether oxygens (including phenoxy) is 2. The Morgan fingerprint density at radius 3 is 2.79 bits per heavy atom. The first-order valence-corrected chi connectivity index (χ1v) is 10.2. The Balaban J connectivity index is 1.35. The van der Waals surface area contributed by atoms with Gasteiger partial charge in [-0.05, 0) is 49.6 Å². The van der Waals surface area contributed by atoms with Crippen LogP contribution in [0.3, 0.4) is 0 Å². The third-order valence-corrected chi connectivity index (χ3v) is 6.14. The maximum atomic E-state index is 12.5. The van der Waals surface area contributed by atoms with Crippen LogP contribution in [0, 0.1) is 11.8 Å². The Labute approximate surface area is 171 Å². The number of hydrogen-bond acceptors (Lipinski definition) is 6. The zero-order valence-electron chi connectivity index (χ0n) is 17.1. The Hall–Kier alpha value is -2.45. The minimum Gasteiger partial charge on any atom is -0.497 e. The fraction of sp³-hybridized carbons (Fsp3) is 0.571. The Morgan fingerprint density at radius 1 is 1.28 bits per heavy atom. The number of piperidine rings is 3. The molecule has 29 heavy (non-hydrogen) atoms. The van der Waals surface area contributed by atoms with E-state index in [2.05, 4.69) is 20.5 Å². The molecule has 3 fully saturated rings. The molecular formula is C21H29N5O3. The SMILES string of the molecule is COCCNC(=O)[C@@H]1CN2CC[C@@H]1C[C@@H]2Cn1cc(-c2ccc(OC)cc2)nn1. The molecule has 4 atom stereocenters. The van der Waals surface area contributed by atoms with Crippen LogP contribution in [-0.4, -0.2) is 72.3 Å². The summed E-state index contributed by atoms with van der Waals surface area (Å²) in [5, 5.41) is 11.7. The molecule has 1 aromatic heterocycles. The molecular weight excluding hydrogens is 370 g/mol. The molecule has 0 aliphatic carbocycles. The minimum absolute atomic E-state index is 0.0856. The molecule has 3 aliphatic heterocycles. The lowest BCUT2D eigenvalue weighted by atomic mass is 9.75. The van der Waals surface area contributed by atoms with Gasteiger partial charge < -0.3 is 14.8 Å². The Bertz CT molecular complexity index is 822. The molecule has 0 radical (unpaired) electrons. The third-order valence-electron chi connectivity index (χ3n) is 6.14. The molecule has 8 heteroatoms. The Kier molecular flexibility index (Phi) is 6.10. The van der Waals surface area contributed by atoms with Gasteiger partial charge in [0.05, 0.1) is 32.4 Å². The van der Waals surface area contributed by atoms with Crippen molar-refractivity contribution >= 4 is 5.91 Å². The highest BCUT2D eigenvalue weighted by Gasteiger charge is 2.43. The molecule has 156 valence electrons. The highest BCUT2D eigenvalue weighted by molar-refractivity contribution is 5.79. The van der Waals surface area contributed by atoms with Crippen LogP contribution in [0.4, 0.5) is 0 Å². The van der Waals surface area contributed by atoms with Crippen LogP contribution in [-0.2, 0) is 16.1 Å². The van der Waals surface area contributed by atoms with Crippen LogP contribution in [0.25, 0.3) is 11.3 Å². The van der Waals surface area contributed by atoms with Gasteiger partial charge in [0.15, 0.2) is 0 Å². The molecule has 2 aromatic rings. The number of methoxy groups -OCH3 is 2. The molecule has 1 unspecified atom stereocenters. The molecule has 1 amide bonds. The average molecular weight is 399 g/mol. The van der Waals surface area contributed by atoms with Crippen molar-refractivity contribution in [1.29, 1.82) is 0 Å². The quantitative estimate of drug-likeness (QED) is 0.677. The smallest absolute Gasteiger partial charge is 0.224 e. The predicted octanol–water partition coefficient (Wildman–Crippen LogP) is 1.43. The number of carbonyl (C=O) groups excluding carboxylic acids is 1. The van der Waals surface area contributed by atoms with Gasteiger partial charge in [-0.25, -0.2) is 0 Å². The van der Waals surface area contributed by atoms with E-state index in [-0.39, 0.29) is 11.8 Å². The normalized spacial score (nSPS) is 25.7. The van der Waals surface area contributed by atoms with Crippen molar-refractivity contribution in [1.82, 2.24) is 25.2 Å². The number of aromatic nitrogens is 3. The van der Waals surface area contributed by atoms with Gasteiger partial charge in [0.2, 0.25) is 5.91 Å². The van der Waals surface area contributed by atoms with E-state index < -0.39 is 0 Å². The summed E-state index contributed by atoms with van der Waals surface area (Å²) in [5.41, 5.74) is 1.88. The summed E-state index contributed by atoms with van der Waals surface area (Å²) < 4.78 is 12.2. The lowest BCUT2D eigenvalue weighted by molar-refractivity contribution is -0.133. The summed E-state index contributed by atoms with van der Waals surface area (Å²) in [6, 6.07) is 8.25. The zero-order chi connectivity index (χ0) is 20.2. The highest BCUT2D eigenvalue weighted by Crippen LogP contribution is 2.37. The van der Waals surface area contributed by atoms with Gasteiger partial charge in [-0.1, -0.05) is 5.21 Å². The lowest BCUT2D eigenvalue weighted by Crippen LogP contribution is -2.58. The van der Waals surface area contributed by atoms with E-state index in [4.69, 9.17) is 9.47 Å². The summed E-state index contributed by atoms with van der Waals surface area (Å²) >= 11 is 0. The first-order chi connectivity index (χ1) is 14.2. The van der Waals surface area contributed by atoms with Crippen molar-refractivity contribution in [3.05, 3.63) is 30.5 Å². The van der Waals surface area contributed by atoms with Gasteiger partial charge in [0.1, 0.15) is 11.4 Å². The van der Waals surface area contributed by atoms with E-state index in [0.717, 1.165) is 49.5 Å². The highest BCUT2D eigenvalue weighted by atomic mass is 16.5. The third kappa shape index (κ3) is 4.43. The monoisotopic (exact) mass is 399 g/mol. The van der Waals surface area contributed by atoms with E-state index in [1.165, 1.54) is 0 Å². The summed E-state index contributed by atoms with van der Waals surface area (Å²) in [4.78, 5) is 14.9. The van der Waals surface area contributed by atoms with Gasteiger partial charge >= 0.3 is 0 Å². The lowest BCUT2D eigenvalue weighted by Gasteiger charge is -2.49.